The molecule has 0 unspecified atom stereocenters. The number of aromatic nitrogens is 1. The number of benzene rings is 2. The lowest BCUT2D eigenvalue weighted by Gasteiger charge is -2.06. The summed E-state index contributed by atoms with van der Waals surface area (Å²) in [5.41, 5.74) is 8.77. The van der Waals surface area contributed by atoms with Gasteiger partial charge in [0.15, 0.2) is 0 Å². The van der Waals surface area contributed by atoms with Crippen LogP contribution in [0.3, 0.4) is 0 Å². The van der Waals surface area contributed by atoms with Gasteiger partial charge in [-0.25, -0.2) is 4.98 Å². The van der Waals surface area contributed by atoms with E-state index >= 15 is 0 Å². The first kappa shape index (κ1) is 16.9. The number of rotatable bonds is 6. The van der Waals surface area contributed by atoms with Gasteiger partial charge in [-0.2, -0.15) is 0 Å². The molecule has 0 saturated carbocycles. The molecule has 2 aromatic carbocycles. The van der Waals surface area contributed by atoms with E-state index in [1.54, 1.807) is 17.4 Å². The second-order valence-electron chi connectivity index (χ2n) is 5.59. The lowest BCUT2D eigenvalue weighted by atomic mass is 10.1. The Morgan fingerprint density at radius 3 is 2.72 bits per heavy atom. The Morgan fingerprint density at radius 1 is 1.24 bits per heavy atom. The molecule has 0 bridgehead atoms. The molecule has 0 aliphatic heterocycles. The van der Waals surface area contributed by atoms with Crippen molar-refractivity contribution in [3.05, 3.63) is 68.5 Å². The number of nitrogen functional groups attached to an aromatic ring is 1. The maximum absolute atomic E-state index is 11.1. The molecule has 3 N–H and O–H groups in total. The third kappa shape index (κ3) is 3.95. The smallest absolute Gasteiger partial charge is 0.292 e. The van der Waals surface area contributed by atoms with E-state index in [-0.39, 0.29) is 5.69 Å². The Labute approximate surface area is 149 Å². The second kappa shape index (κ2) is 7.31. The van der Waals surface area contributed by atoms with Crippen LogP contribution in [0.15, 0.2) is 48.5 Å². The van der Waals surface area contributed by atoms with Gasteiger partial charge in [0.1, 0.15) is 5.69 Å². The molecule has 0 spiro atoms. The van der Waals surface area contributed by atoms with Gasteiger partial charge in [-0.1, -0.05) is 30.3 Å². The summed E-state index contributed by atoms with van der Waals surface area (Å²) in [5, 5.41) is 15.2. The molecular formula is C18H18N4O2S. The van der Waals surface area contributed by atoms with Gasteiger partial charge < -0.3 is 11.1 Å². The average Bonchev–Trinajstić information content (AvgIpc) is 2.96. The molecule has 1 aromatic heterocycles. The molecule has 6 nitrogen and oxygen atoms in total. The summed E-state index contributed by atoms with van der Waals surface area (Å²) < 4.78 is 0. The third-order valence-electron chi connectivity index (χ3n) is 3.76. The Bertz CT molecular complexity index is 893. The normalized spacial score (nSPS) is 10.6. The van der Waals surface area contributed by atoms with Crippen LogP contribution < -0.4 is 11.1 Å². The van der Waals surface area contributed by atoms with Gasteiger partial charge in [-0.05, 0) is 19.1 Å². The minimum Gasteiger partial charge on any atom is -0.399 e. The van der Waals surface area contributed by atoms with E-state index in [9.17, 15) is 10.1 Å². The summed E-state index contributed by atoms with van der Waals surface area (Å²) in [4.78, 5) is 16.5. The van der Waals surface area contributed by atoms with Crippen molar-refractivity contribution < 1.29 is 4.92 Å². The monoisotopic (exact) mass is 354 g/mol. The molecule has 0 saturated heterocycles. The van der Waals surface area contributed by atoms with E-state index in [0.717, 1.165) is 21.1 Å². The van der Waals surface area contributed by atoms with Crippen molar-refractivity contribution in [3.63, 3.8) is 0 Å². The van der Waals surface area contributed by atoms with Crippen LogP contribution in [0.1, 0.15) is 9.88 Å². The first-order chi connectivity index (χ1) is 12.0. The van der Waals surface area contributed by atoms with Crippen molar-refractivity contribution in [1.82, 2.24) is 4.98 Å². The zero-order valence-corrected chi connectivity index (χ0v) is 14.5. The van der Waals surface area contributed by atoms with Gasteiger partial charge in [0.2, 0.25) is 0 Å². The van der Waals surface area contributed by atoms with Crippen LogP contribution in [-0.2, 0) is 6.42 Å². The SMILES string of the molecule is Cc1sc(CCNc2cc(N)ccc2[N+](=O)[O-])nc1-c1ccccc1. The van der Waals surface area contributed by atoms with Crippen molar-refractivity contribution in [1.29, 1.82) is 0 Å². The fraction of sp³-hybridized carbons (Fsp3) is 0.167. The summed E-state index contributed by atoms with van der Waals surface area (Å²) in [6.07, 6.45) is 0.685. The van der Waals surface area contributed by atoms with Crippen LogP contribution in [-0.4, -0.2) is 16.5 Å². The Hall–Kier alpha value is -2.93. The van der Waals surface area contributed by atoms with Crippen molar-refractivity contribution >= 4 is 28.4 Å². The molecule has 0 radical (unpaired) electrons. The Morgan fingerprint density at radius 2 is 2.00 bits per heavy atom. The number of aryl methyl sites for hydroxylation is 1. The molecule has 7 heteroatoms. The van der Waals surface area contributed by atoms with Crippen molar-refractivity contribution in [2.45, 2.75) is 13.3 Å². The van der Waals surface area contributed by atoms with Crippen LogP contribution in [0.4, 0.5) is 17.1 Å². The number of anilines is 2. The van der Waals surface area contributed by atoms with Crippen molar-refractivity contribution in [2.75, 3.05) is 17.6 Å². The summed E-state index contributed by atoms with van der Waals surface area (Å²) >= 11 is 1.65. The molecule has 1 heterocycles. The molecule has 3 rings (SSSR count). The highest BCUT2D eigenvalue weighted by Crippen LogP contribution is 2.29. The third-order valence-corrected chi connectivity index (χ3v) is 4.79. The predicted molar refractivity (Wildman–Crippen MR) is 102 cm³/mol. The van der Waals surface area contributed by atoms with Crippen molar-refractivity contribution in [3.8, 4) is 11.3 Å². The molecule has 0 atom stereocenters. The number of nitro benzene ring substituents is 1. The van der Waals surface area contributed by atoms with Gasteiger partial charge in [-0.15, -0.1) is 11.3 Å². The fourth-order valence-electron chi connectivity index (χ4n) is 2.58. The standard InChI is InChI=1S/C18H18N4O2S/c1-12-18(13-5-3-2-4-6-13)21-17(25-12)9-10-20-15-11-14(19)7-8-16(15)22(23)24/h2-8,11,20H,9-10,19H2,1H3. The second-order valence-corrected chi connectivity index (χ2v) is 6.88. The Kier molecular flexibility index (Phi) is 4.95. The Balaban J connectivity index is 1.70. The molecular weight excluding hydrogens is 336 g/mol. The molecule has 0 aliphatic carbocycles. The number of thiazole rings is 1. The summed E-state index contributed by atoms with van der Waals surface area (Å²) in [5.74, 6) is 0. The average molecular weight is 354 g/mol. The zero-order valence-electron chi connectivity index (χ0n) is 13.7. The first-order valence-corrected chi connectivity index (χ1v) is 8.66. The predicted octanol–water partition coefficient (Wildman–Crippen LogP) is 4.26. The van der Waals surface area contributed by atoms with E-state index in [4.69, 9.17) is 10.7 Å². The highest BCUT2D eigenvalue weighted by molar-refractivity contribution is 7.12. The number of nitrogens with zero attached hydrogens (tertiary/aromatic N) is 2. The topological polar surface area (TPSA) is 94.1 Å². The van der Waals surface area contributed by atoms with Crippen LogP contribution in [0.5, 0.6) is 0 Å². The van der Waals surface area contributed by atoms with Gasteiger partial charge in [0, 0.05) is 35.2 Å². The number of nitrogens with one attached hydrogen (secondary N) is 1. The summed E-state index contributed by atoms with van der Waals surface area (Å²) in [7, 11) is 0. The minimum atomic E-state index is -0.414. The molecule has 3 aromatic rings. The quantitative estimate of drug-likeness (QED) is 0.392. The lowest BCUT2D eigenvalue weighted by Crippen LogP contribution is -2.07. The molecule has 0 fully saturated rings. The lowest BCUT2D eigenvalue weighted by molar-refractivity contribution is -0.383. The van der Waals surface area contributed by atoms with Gasteiger partial charge in [0.05, 0.1) is 15.6 Å². The first-order valence-electron chi connectivity index (χ1n) is 7.84. The largest absolute Gasteiger partial charge is 0.399 e. The molecule has 0 amide bonds. The van der Waals surface area contributed by atoms with Crippen molar-refractivity contribution in [2.24, 2.45) is 0 Å². The highest BCUT2D eigenvalue weighted by atomic mass is 32.1. The van der Waals surface area contributed by atoms with Gasteiger partial charge >= 0.3 is 0 Å². The highest BCUT2D eigenvalue weighted by Gasteiger charge is 2.14. The summed E-state index contributed by atoms with van der Waals surface area (Å²) in [6, 6.07) is 14.6. The fourth-order valence-corrected chi connectivity index (χ4v) is 3.54. The van der Waals surface area contributed by atoms with Crippen LogP contribution >= 0.6 is 11.3 Å². The van der Waals surface area contributed by atoms with E-state index in [1.165, 1.54) is 12.1 Å². The number of nitrogens with two attached hydrogens (primary N) is 1. The minimum absolute atomic E-state index is 0.0227. The van der Waals surface area contributed by atoms with E-state index in [0.29, 0.717) is 24.3 Å². The molecule has 128 valence electrons. The zero-order chi connectivity index (χ0) is 17.8. The number of hydrogen-bond donors (Lipinski definition) is 2. The van der Waals surface area contributed by atoms with Crippen LogP contribution in [0.25, 0.3) is 11.3 Å². The molecule has 25 heavy (non-hydrogen) atoms. The number of nitro groups is 1. The van der Waals surface area contributed by atoms with Crippen LogP contribution in [0, 0.1) is 17.0 Å². The van der Waals surface area contributed by atoms with Gasteiger partial charge in [0.25, 0.3) is 5.69 Å². The maximum atomic E-state index is 11.1. The molecule has 0 aliphatic rings. The van der Waals surface area contributed by atoms with E-state index in [2.05, 4.69) is 12.2 Å². The van der Waals surface area contributed by atoms with E-state index in [1.807, 2.05) is 30.3 Å². The van der Waals surface area contributed by atoms with E-state index < -0.39 is 4.92 Å². The van der Waals surface area contributed by atoms with Gasteiger partial charge in [-0.3, -0.25) is 10.1 Å². The maximum Gasteiger partial charge on any atom is 0.292 e. The summed E-state index contributed by atoms with van der Waals surface area (Å²) in [6.45, 7) is 2.60. The number of hydrogen-bond acceptors (Lipinski definition) is 6. The van der Waals surface area contributed by atoms with Crippen LogP contribution in [0.2, 0.25) is 0 Å².